The summed E-state index contributed by atoms with van der Waals surface area (Å²) in [5, 5.41) is 0. The van der Waals surface area contributed by atoms with E-state index < -0.39 is 0 Å². The summed E-state index contributed by atoms with van der Waals surface area (Å²) in [5.41, 5.74) is 7.57. The molecule has 2 aromatic rings. The fraction of sp³-hybridized carbons (Fsp3) is 0.188. The molecule has 0 saturated carbocycles. The van der Waals surface area contributed by atoms with E-state index in [9.17, 15) is 4.79 Å². The second-order valence-electron chi connectivity index (χ2n) is 4.41. The highest BCUT2D eigenvalue weighted by Crippen LogP contribution is 2.11. The molecule has 106 valence electrons. The van der Waals surface area contributed by atoms with Crippen LogP contribution in [0.3, 0.4) is 0 Å². The number of benzene rings is 1. The van der Waals surface area contributed by atoms with E-state index in [1.165, 1.54) is 18.6 Å². The number of nitrogens with two attached hydrogens (primary N) is 1. The smallest absolute Gasteiger partial charge is 0.274 e. The van der Waals surface area contributed by atoms with Crippen molar-refractivity contribution in [1.29, 1.82) is 0 Å². The van der Waals surface area contributed by atoms with E-state index in [-0.39, 0.29) is 5.91 Å². The number of hydrogen-bond acceptors (Lipinski definition) is 4. The van der Waals surface area contributed by atoms with Gasteiger partial charge in [-0.2, -0.15) is 0 Å². The summed E-state index contributed by atoms with van der Waals surface area (Å²) < 4.78 is 0. The van der Waals surface area contributed by atoms with E-state index in [0.717, 1.165) is 11.1 Å². The zero-order valence-electron chi connectivity index (χ0n) is 11.8. The predicted octanol–water partition coefficient (Wildman–Crippen LogP) is 1.06. The van der Waals surface area contributed by atoms with Crippen LogP contribution in [0.5, 0.6) is 0 Å². The molecule has 5 heteroatoms. The van der Waals surface area contributed by atoms with Crippen LogP contribution in [0.2, 0.25) is 0 Å². The second-order valence-corrected chi connectivity index (χ2v) is 4.41. The topological polar surface area (TPSA) is 72.1 Å². The van der Waals surface area contributed by atoms with Crippen LogP contribution in [0.4, 0.5) is 0 Å². The molecule has 1 amide bonds. The maximum atomic E-state index is 12.2. The fourth-order valence-electron chi connectivity index (χ4n) is 1.86. The van der Waals surface area contributed by atoms with Crippen LogP contribution >= 0.6 is 0 Å². The first kappa shape index (κ1) is 14.7. The molecule has 5 nitrogen and oxygen atoms in total. The Kier molecular flexibility index (Phi) is 5.02. The third-order valence-corrected chi connectivity index (χ3v) is 2.88. The zero-order chi connectivity index (χ0) is 15.1. The zero-order valence-corrected chi connectivity index (χ0v) is 11.8. The molecule has 0 spiro atoms. The third-order valence-electron chi connectivity index (χ3n) is 2.88. The minimum atomic E-state index is -0.176. The average Bonchev–Trinajstić information content (AvgIpc) is 2.54. The third kappa shape index (κ3) is 3.88. The van der Waals surface area contributed by atoms with Gasteiger partial charge in [-0.1, -0.05) is 30.0 Å². The summed E-state index contributed by atoms with van der Waals surface area (Å²) in [7, 11) is 1.73. The Morgan fingerprint density at radius 1 is 1.33 bits per heavy atom. The number of carbonyl (C=O) groups excluding carboxylic acids is 1. The highest BCUT2D eigenvalue weighted by molar-refractivity contribution is 5.91. The molecular weight excluding hydrogens is 264 g/mol. The van der Waals surface area contributed by atoms with E-state index in [1.807, 2.05) is 24.3 Å². The minimum Gasteiger partial charge on any atom is -0.336 e. The van der Waals surface area contributed by atoms with Gasteiger partial charge in [-0.05, 0) is 11.6 Å². The van der Waals surface area contributed by atoms with Crippen molar-refractivity contribution < 1.29 is 4.79 Å². The molecule has 1 heterocycles. The molecule has 0 fully saturated rings. The van der Waals surface area contributed by atoms with Gasteiger partial charge >= 0.3 is 0 Å². The van der Waals surface area contributed by atoms with Crippen LogP contribution in [-0.4, -0.2) is 34.4 Å². The number of hydrogen-bond donors (Lipinski definition) is 1. The molecule has 0 bridgehead atoms. The van der Waals surface area contributed by atoms with Crippen molar-refractivity contribution >= 4 is 5.91 Å². The molecule has 0 atom stereocenters. The largest absolute Gasteiger partial charge is 0.336 e. The molecule has 0 radical (unpaired) electrons. The number of aromatic nitrogens is 2. The first-order valence-electron chi connectivity index (χ1n) is 6.50. The molecule has 0 unspecified atom stereocenters. The monoisotopic (exact) mass is 280 g/mol. The molecule has 2 N–H and O–H groups in total. The Hall–Kier alpha value is -2.71. The Morgan fingerprint density at radius 2 is 2.14 bits per heavy atom. The first-order chi connectivity index (χ1) is 10.2. The van der Waals surface area contributed by atoms with Crippen molar-refractivity contribution in [3.63, 3.8) is 0 Å². The van der Waals surface area contributed by atoms with E-state index in [2.05, 4.69) is 21.8 Å². The average molecular weight is 280 g/mol. The van der Waals surface area contributed by atoms with Crippen molar-refractivity contribution in [2.45, 2.75) is 6.54 Å². The van der Waals surface area contributed by atoms with Gasteiger partial charge in [-0.3, -0.25) is 9.78 Å². The van der Waals surface area contributed by atoms with Crippen LogP contribution in [-0.2, 0) is 6.54 Å². The van der Waals surface area contributed by atoms with Crippen LogP contribution in [0.15, 0.2) is 42.9 Å². The molecule has 0 aliphatic carbocycles. The molecule has 2 rings (SSSR count). The van der Waals surface area contributed by atoms with Crippen LogP contribution in [0, 0.1) is 11.8 Å². The highest BCUT2D eigenvalue weighted by Gasteiger charge is 2.14. The summed E-state index contributed by atoms with van der Waals surface area (Å²) in [4.78, 5) is 21.8. The lowest BCUT2D eigenvalue weighted by Crippen LogP contribution is -2.27. The first-order valence-corrected chi connectivity index (χ1v) is 6.50. The van der Waals surface area contributed by atoms with Crippen LogP contribution in [0.25, 0.3) is 0 Å². The lowest BCUT2D eigenvalue weighted by atomic mass is 10.1. The standard InChI is InChI=1S/C16H16N4O/c1-20(16(21)15-11-18-9-10-19-15)12-14-6-3-2-5-13(14)7-4-8-17/h2-3,5-6,9-11H,8,12,17H2,1H3. The van der Waals surface area contributed by atoms with Gasteiger partial charge in [-0.15, -0.1) is 0 Å². The Morgan fingerprint density at radius 3 is 2.86 bits per heavy atom. The van der Waals surface area contributed by atoms with Gasteiger partial charge in [0.05, 0.1) is 12.7 Å². The molecule has 21 heavy (non-hydrogen) atoms. The van der Waals surface area contributed by atoms with E-state index >= 15 is 0 Å². The van der Waals surface area contributed by atoms with Gasteiger partial charge in [-0.25, -0.2) is 4.98 Å². The lowest BCUT2D eigenvalue weighted by Gasteiger charge is -2.17. The lowest BCUT2D eigenvalue weighted by molar-refractivity contribution is 0.0778. The number of carbonyl (C=O) groups is 1. The molecular formula is C16H16N4O. The molecule has 1 aromatic heterocycles. The maximum absolute atomic E-state index is 12.2. The fourth-order valence-corrected chi connectivity index (χ4v) is 1.86. The van der Waals surface area contributed by atoms with Gasteiger partial charge < -0.3 is 10.6 Å². The van der Waals surface area contributed by atoms with Crippen molar-refractivity contribution in [3.05, 3.63) is 59.7 Å². The molecule has 0 aliphatic heterocycles. The summed E-state index contributed by atoms with van der Waals surface area (Å²) >= 11 is 0. The maximum Gasteiger partial charge on any atom is 0.274 e. The number of nitrogens with zero attached hydrogens (tertiary/aromatic N) is 3. The van der Waals surface area contributed by atoms with Crippen molar-refractivity contribution in [3.8, 4) is 11.8 Å². The quantitative estimate of drug-likeness (QED) is 0.853. The SMILES string of the molecule is CN(Cc1ccccc1C#CCN)C(=O)c1cnccn1. The van der Waals surface area contributed by atoms with Crippen molar-refractivity contribution in [2.75, 3.05) is 13.6 Å². The van der Waals surface area contributed by atoms with Gasteiger partial charge in [0, 0.05) is 31.5 Å². The Bertz CT molecular complexity index is 673. The van der Waals surface area contributed by atoms with Gasteiger partial charge in [0.25, 0.3) is 5.91 Å². The molecule has 0 aliphatic rings. The molecule has 0 saturated heterocycles. The highest BCUT2D eigenvalue weighted by atomic mass is 16.2. The number of amides is 1. The summed E-state index contributed by atoms with van der Waals surface area (Å²) in [6.07, 6.45) is 4.50. The van der Waals surface area contributed by atoms with Crippen molar-refractivity contribution in [2.24, 2.45) is 5.73 Å². The predicted molar refractivity (Wildman–Crippen MR) is 80.2 cm³/mol. The summed E-state index contributed by atoms with van der Waals surface area (Å²) in [5.74, 6) is 5.67. The van der Waals surface area contributed by atoms with Crippen LogP contribution in [0.1, 0.15) is 21.6 Å². The Balaban J connectivity index is 2.16. The van der Waals surface area contributed by atoms with Gasteiger partial charge in [0.2, 0.25) is 0 Å². The van der Waals surface area contributed by atoms with Crippen molar-refractivity contribution in [1.82, 2.24) is 14.9 Å². The number of rotatable bonds is 3. The Labute approximate surface area is 123 Å². The minimum absolute atomic E-state index is 0.176. The van der Waals surface area contributed by atoms with Gasteiger partial charge in [0.1, 0.15) is 5.69 Å². The van der Waals surface area contributed by atoms with E-state index in [0.29, 0.717) is 18.8 Å². The van der Waals surface area contributed by atoms with Gasteiger partial charge in [0.15, 0.2) is 0 Å². The molecule has 1 aromatic carbocycles. The second kappa shape index (κ2) is 7.17. The summed E-state index contributed by atoms with van der Waals surface area (Å²) in [6, 6.07) is 7.69. The van der Waals surface area contributed by atoms with Crippen LogP contribution < -0.4 is 5.73 Å². The van der Waals surface area contributed by atoms with E-state index in [4.69, 9.17) is 5.73 Å². The van der Waals surface area contributed by atoms with E-state index in [1.54, 1.807) is 11.9 Å². The normalized spacial score (nSPS) is 9.62. The summed E-state index contributed by atoms with van der Waals surface area (Å²) in [6.45, 7) is 0.757.